The number of amides is 1. The normalized spacial score (nSPS) is 20.5. The lowest BCUT2D eigenvalue weighted by atomic mass is 9.98. The topological polar surface area (TPSA) is 180 Å². The van der Waals surface area contributed by atoms with E-state index in [1.165, 1.54) is 19.9 Å². The van der Waals surface area contributed by atoms with Crippen LogP contribution in [0.15, 0.2) is 39.9 Å². The number of carbonyl (C=O) groups is 2. The summed E-state index contributed by atoms with van der Waals surface area (Å²) in [5.41, 5.74) is 0.162. The molecule has 0 aliphatic carbocycles. The van der Waals surface area contributed by atoms with E-state index in [-0.39, 0.29) is 41.3 Å². The third-order valence-electron chi connectivity index (χ3n) is 6.23. The summed E-state index contributed by atoms with van der Waals surface area (Å²) in [5.74, 6) is -0.335. The largest absolute Gasteiger partial charge is 0.480 e. The molecule has 0 radical (unpaired) electrons. The molecule has 212 valence electrons. The molecule has 1 aliphatic rings. The quantitative estimate of drug-likeness (QED) is 0.172. The first kappa shape index (κ1) is 30.0. The third-order valence-corrected chi connectivity index (χ3v) is 7.38. The van der Waals surface area contributed by atoms with Crippen LogP contribution < -0.4 is 26.6 Å². The van der Waals surface area contributed by atoms with Crippen LogP contribution in [-0.4, -0.2) is 74.2 Å². The molecule has 5 atom stereocenters. The fourth-order valence-electron chi connectivity index (χ4n) is 4.29. The van der Waals surface area contributed by atoms with Crippen LogP contribution in [0.4, 0.5) is 0 Å². The summed E-state index contributed by atoms with van der Waals surface area (Å²) in [7, 11) is -1.51. The molecule has 13 heteroatoms. The van der Waals surface area contributed by atoms with E-state index < -0.39 is 40.6 Å². The van der Waals surface area contributed by atoms with Gasteiger partial charge >= 0.3 is 11.7 Å². The van der Waals surface area contributed by atoms with Gasteiger partial charge in [-0.3, -0.25) is 23.6 Å². The minimum Gasteiger partial charge on any atom is -0.480 e. The third kappa shape index (κ3) is 9.01. The van der Waals surface area contributed by atoms with Gasteiger partial charge in [-0.05, 0) is 37.1 Å². The highest BCUT2D eigenvalue weighted by Gasteiger charge is 2.35. The molecule has 1 unspecified atom stereocenters. The van der Waals surface area contributed by atoms with Crippen molar-refractivity contribution in [2.24, 2.45) is 5.92 Å². The van der Waals surface area contributed by atoms with Gasteiger partial charge in [0.1, 0.15) is 11.9 Å². The van der Waals surface area contributed by atoms with Crippen LogP contribution in [-0.2, 0) is 31.5 Å². The number of aryl methyl sites for hydroxylation is 1. The summed E-state index contributed by atoms with van der Waals surface area (Å²) < 4.78 is 23.6. The van der Waals surface area contributed by atoms with Gasteiger partial charge in [0.05, 0.1) is 29.0 Å². The number of aliphatic hydroxyl groups is 1. The van der Waals surface area contributed by atoms with E-state index in [9.17, 15) is 28.5 Å². The van der Waals surface area contributed by atoms with Gasteiger partial charge in [0.2, 0.25) is 5.91 Å². The molecule has 1 aromatic carbocycles. The molecule has 3 rings (SSSR count). The minimum atomic E-state index is -1.51. The van der Waals surface area contributed by atoms with Crippen LogP contribution in [0.3, 0.4) is 0 Å². The summed E-state index contributed by atoms with van der Waals surface area (Å²) in [6.07, 6.45) is 2.83. The van der Waals surface area contributed by atoms with Gasteiger partial charge < -0.3 is 30.2 Å². The molecule has 1 fully saturated rings. The van der Waals surface area contributed by atoms with Gasteiger partial charge in [-0.25, -0.2) is 4.79 Å². The number of hydrogen-bond acceptors (Lipinski definition) is 9. The number of hydrogen-bond donors (Lipinski definition) is 5. The first-order valence-corrected chi connectivity index (χ1v) is 13.9. The molecule has 2 heterocycles. The van der Waals surface area contributed by atoms with Gasteiger partial charge in [-0.15, -0.1) is 0 Å². The van der Waals surface area contributed by atoms with Crippen LogP contribution in [0.1, 0.15) is 30.7 Å². The molecule has 1 aliphatic heterocycles. The first-order chi connectivity index (χ1) is 18.5. The van der Waals surface area contributed by atoms with Gasteiger partial charge in [-0.1, -0.05) is 19.1 Å². The van der Waals surface area contributed by atoms with Crippen molar-refractivity contribution in [3.8, 4) is 5.75 Å². The minimum absolute atomic E-state index is 0.0186. The highest BCUT2D eigenvalue weighted by atomic mass is 32.2. The van der Waals surface area contributed by atoms with E-state index in [0.29, 0.717) is 17.9 Å². The fourth-order valence-corrected chi connectivity index (χ4v) is 5.29. The highest BCUT2D eigenvalue weighted by Crippen LogP contribution is 2.22. The van der Waals surface area contributed by atoms with Gasteiger partial charge in [0.15, 0.2) is 5.94 Å². The van der Waals surface area contributed by atoms with Crippen LogP contribution in [0.25, 0.3) is 6.08 Å². The summed E-state index contributed by atoms with van der Waals surface area (Å²) >= 11 is 0. The number of ether oxygens (including phenoxy) is 2. The van der Waals surface area contributed by atoms with E-state index in [2.05, 4.69) is 20.6 Å². The number of rotatable bonds is 12. The molecule has 0 bridgehead atoms. The summed E-state index contributed by atoms with van der Waals surface area (Å²) in [5, 5.41) is 15.5. The number of aromatic amines is 2. The Hall–Kier alpha value is -3.55. The van der Waals surface area contributed by atoms with Crippen LogP contribution in [0.2, 0.25) is 0 Å². The van der Waals surface area contributed by atoms with Crippen molar-refractivity contribution in [2.45, 2.75) is 45.4 Å². The van der Waals surface area contributed by atoms with E-state index in [1.54, 1.807) is 12.1 Å². The molecular weight excluding hydrogens is 528 g/mol. The lowest BCUT2D eigenvalue weighted by Gasteiger charge is -2.22. The number of carbonyl (C=O) groups excluding carboxylic acids is 2. The average Bonchev–Trinajstić information content (AvgIpc) is 3.20. The molecule has 5 N–H and O–H groups in total. The maximum atomic E-state index is 12.5. The SMILES string of the molecule is CC(=O)O[C@@H]1[C@@H](C)CN[C@@H]1Cc1ccc(OCS(=O)C[C@H](CO)NC(=O)/C=C/c2c(C)[nH]c(=O)[nH]c2=O)cc1. The molecule has 2 aromatic rings. The number of H-pyrrole nitrogens is 2. The number of esters is 1. The zero-order chi connectivity index (χ0) is 28.5. The van der Waals surface area contributed by atoms with Crippen LogP contribution >= 0.6 is 0 Å². The molecule has 1 saturated heterocycles. The van der Waals surface area contributed by atoms with Crippen molar-refractivity contribution in [3.63, 3.8) is 0 Å². The molecule has 0 saturated carbocycles. The van der Waals surface area contributed by atoms with Crippen molar-refractivity contribution >= 4 is 28.8 Å². The van der Waals surface area contributed by atoms with Gasteiger partial charge in [-0.2, -0.15) is 0 Å². The fraction of sp³-hybridized carbons (Fsp3) is 0.462. The van der Waals surface area contributed by atoms with Gasteiger partial charge in [0.25, 0.3) is 5.56 Å². The molecule has 39 heavy (non-hydrogen) atoms. The number of aliphatic hydroxyl groups excluding tert-OH is 1. The monoisotopic (exact) mass is 562 g/mol. The van der Waals surface area contributed by atoms with E-state index in [4.69, 9.17) is 9.47 Å². The zero-order valence-electron chi connectivity index (χ0n) is 22.0. The number of nitrogens with one attached hydrogen (secondary N) is 4. The standard InChI is InChI=1S/C26H34N4O8S/c1-15-11-27-22(24(15)38-17(3)32)10-18-4-6-20(7-5-18)37-14-39(36)13-19(12-31)29-23(33)9-8-21-16(2)28-26(35)30-25(21)34/h4-9,15,19,22,24,27,31H,10-14H2,1-3H3,(H,29,33)(H2,28,30,34,35)/b9-8+/t15-,19-,22+,24+,39?/m0/s1. The van der Waals surface area contributed by atoms with E-state index in [0.717, 1.165) is 18.2 Å². The highest BCUT2D eigenvalue weighted by molar-refractivity contribution is 7.84. The molecule has 1 amide bonds. The second-order valence-corrected chi connectivity index (χ2v) is 10.9. The van der Waals surface area contributed by atoms with E-state index in [1.807, 2.05) is 19.1 Å². The second kappa shape index (κ2) is 14.0. The number of benzene rings is 1. The molecule has 0 spiro atoms. The molecule has 1 aromatic heterocycles. The summed E-state index contributed by atoms with van der Waals surface area (Å²) in [4.78, 5) is 51.3. The zero-order valence-corrected chi connectivity index (χ0v) is 22.8. The number of aromatic nitrogens is 2. The average molecular weight is 563 g/mol. The lowest BCUT2D eigenvalue weighted by molar-refractivity contribution is -0.148. The first-order valence-electron chi connectivity index (χ1n) is 12.5. The Morgan fingerprint density at radius 3 is 2.59 bits per heavy atom. The maximum absolute atomic E-state index is 12.5. The van der Waals surface area contributed by atoms with Crippen molar-refractivity contribution in [2.75, 3.05) is 24.8 Å². The Bertz CT molecular complexity index is 1320. The Balaban J connectivity index is 1.46. The van der Waals surface area contributed by atoms with Crippen LogP contribution in [0, 0.1) is 12.8 Å². The molecule has 12 nitrogen and oxygen atoms in total. The van der Waals surface area contributed by atoms with Crippen molar-refractivity contribution in [3.05, 3.63) is 68.0 Å². The Morgan fingerprint density at radius 1 is 1.23 bits per heavy atom. The second-order valence-electron chi connectivity index (χ2n) is 9.45. The Labute approximate surface area is 227 Å². The molecular formula is C26H34N4O8S. The lowest BCUT2D eigenvalue weighted by Crippen LogP contribution is -2.41. The van der Waals surface area contributed by atoms with Gasteiger partial charge in [0, 0.05) is 43.0 Å². The Morgan fingerprint density at radius 2 is 1.95 bits per heavy atom. The van der Waals surface area contributed by atoms with Crippen molar-refractivity contribution in [1.82, 2.24) is 20.6 Å². The van der Waals surface area contributed by atoms with Crippen molar-refractivity contribution in [1.29, 1.82) is 0 Å². The smallest absolute Gasteiger partial charge is 0.325 e. The maximum Gasteiger partial charge on any atom is 0.325 e. The van der Waals surface area contributed by atoms with Crippen molar-refractivity contribution < 1.29 is 28.4 Å². The van der Waals surface area contributed by atoms with E-state index >= 15 is 0 Å². The predicted molar refractivity (Wildman–Crippen MR) is 146 cm³/mol. The predicted octanol–water partition coefficient (Wildman–Crippen LogP) is -0.271. The van der Waals surface area contributed by atoms with Crippen LogP contribution in [0.5, 0.6) is 5.75 Å². The Kier molecular flexibility index (Phi) is 10.8. The summed E-state index contributed by atoms with van der Waals surface area (Å²) in [6, 6.07) is 6.54. The summed E-state index contributed by atoms with van der Waals surface area (Å²) in [6.45, 7) is 5.30.